The third kappa shape index (κ3) is 2.10. The minimum absolute atomic E-state index is 0.0244. The van der Waals surface area contributed by atoms with Crippen molar-refractivity contribution < 1.29 is 14.6 Å². The maximum absolute atomic E-state index is 9.60. The summed E-state index contributed by atoms with van der Waals surface area (Å²) in [5.41, 5.74) is 0. The summed E-state index contributed by atoms with van der Waals surface area (Å²) in [6.07, 6.45) is 4.53. The van der Waals surface area contributed by atoms with Gasteiger partial charge in [-0.25, -0.2) is 0 Å². The van der Waals surface area contributed by atoms with Gasteiger partial charge < -0.3 is 14.6 Å². The molecule has 2 saturated heterocycles. The number of hydrogen-bond donors (Lipinski definition) is 1. The van der Waals surface area contributed by atoms with Crippen LogP contribution in [-0.2, 0) is 9.47 Å². The van der Waals surface area contributed by atoms with E-state index in [1.165, 1.54) is 0 Å². The molecule has 2 heterocycles. The Morgan fingerprint density at radius 2 is 2.31 bits per heavy atom. The number of aliphatic hydroxyl groups is 1. The maximum atomic E-state index is 9.60. The first-order chi connectivity index (χ1) is 6.31. The smallest absolute Gasteiger partial charge is 0.102 e. The molecule has 0 unspecified atom stereocenters. The van der Waals surface area contributed by atoms with Crippen LogP contribution < -0.4 is 0 Å². The first-order valence-corrected chi connectivity index (χ1v) is 4.89. The van der Waals surface area contributed by atoms with Crippen LogP contribution in [0.2, 0.25) is 0 Å². The fourth-order valence-corrected chi connectivity index (χ4v) is 1.83. The first-order valence-electron chi connectivity index (χ1n) is 4.89. The minimum atomic E-state index is -0.302. The molecule has 0 aromatic heterocycles. The molecule has 0 spiro atoms. The molecule has 0 saturated carbocycles. The van der Waals surface area contributed by atoms with Crippen molar-refractivity contribution in [3.63, 3.8) is 0 Å². The lowest BCUT2D eigenvalue weighted by Crippen LogP contribution is -2.35. The Labute approximate surface area is 78.3 Å². The van der Waals surface area contributed by atoms with E-state index in [4.69, 9.17) is 9.47 Å². The van der Waals surface area contributed by atoms with Crippen LogP contribution in [0.4, 0.5) is 0 Å². The van der Waals surface area contributed by atoms with Crippen LogP contribution in [0.5, 0.6) is 0 Å². The van der Waals surface area contributed by atoms with E-state index >= 15 is 0 Å². The van der Waals surface area contributed by atoms with Crippen LogP contribution in [-0.4, -0.2) is 36.1 Å². The molecule has 3 nitrogen and oxygen atoms in total. The molecule has 2 aliphatic rings. The van der Waals surface area contributed by atoms with E-state index in [0.29, 0.717) is 0 Å². The molecule has 0 aromatic carbocycles. The van der Waals surface area contributed by atoms with E-state index in [1.807, 2.05) is 0 Å². The Morgan fingerprint density at radius 1 is 1.46 bits per heavy atom. The molecular weight excluding hydrogens is 168 g/mol. The highest BCUT2D eigenvalue weighted by atomic mass is 16.6. The summed E-state index contributed by atoms with van der Waals surface area (Å²) >= 11 is 0. The third-order valence-corrected chi connectivity index (χ3v) is 2.72. The van der Waals surface area contributed by atoms with Crippen molar-refractivity contribution in [2.45, 2.75) is 43.7 Å². The standard InChI is InChI=1S/C10H16O3/c1-2-8-10(13-8)6-9-7(11)4-3-5-12-9/h2,7-11H,1,3-6H2/t7-,8-,9+,10-/m0/s1. The Kier molecular flexibility index (Phi) is 2.67. The monoisotopic (exact) mass is 184 g/mol. The predicted octanol–water partition coefficient (Wildman–Crippen LogP) is 0.870. The molecule has 74 valence electrons. The fourth-order valence-electron chi connectivity index (χ4n) is 1.83. The SMILES string of the molecule is C=C[C@@H]1O[C@H]1C[C@H]1OCCC[C@@H]1O. The van der Waals surface area contributed by atoms with Crippen molar-refractivity contribution in [2.75, 3.05) is 6.61 Å². The zero-order valence-electron chi connectivity index (χ0n) is 7.69. The zero-order chi connectivity index (χ0) is 9.26. The average Bonchev–Trinajstić information content (AvgIpc) is 2.88. The van der Waals surface area contributed by atoms with Gasteiger partial charge in [-0.2, -0.15) is 0 Å². The van der Waals surface area contributed by atoms with Gasteiger partial charge in [0.2, 0.25) is 0 Å². The van der Waals surface area contributed by atoms with Gasteiger partial charge in [0.15, 0.2) is 0 Å². The zero-order valence-corrected chi connectivity index (χ0v) is 7.69. The average molecular weight is 184 g/mol. The Hall–Kier alpha value is -0.380. The van der Waals surface area contributed by atoms with Crippen LogP contribution in [0.1, 0.15) is 19.3 Å². The molecule has 0 aliphatic carbocycles. The van der Waals surface area contributed by atoms with Crippen molar-refractivity contribution in [2.24, 2.45) is 0 Å². The minimum Gasteiger partial charge on any atom is -0.390 e. The second-order valence-electron chi connectivity index (χ2n) is 3.73. The third-order valence-electron chi connectivity index (χ3n) is 2.72. The topological polar surface area (TPSA) is 42.0 Å². The van der Waals surface area contributed by atoms with E-state index in [9.17, 15) is 5.11 Å². The summed E-state index contributed by atoms with van der Waals surface area (Å²) in [7, 11) is 0. The molecule has 4 atom stereocenters. The lowest BCUT2D eigenvalue weighted by Gasteiger charge is -2.27. The predicted molar refractivity (Wildman–Crippen MR) is 48.5 cm³/mol. The molecular formula is C10H16O3. The summed E-state index contributed by atoms with van der Waals surface area (Å²) < 4.78 is 10.8. The molecule has 2 rings (SSSR count). The van der Waals surface area contributed by atoms with Gasteiger partial charge in [-0.3, -0.25) is 0 Å². The van der Waals surface area contributed by atoms with Crippen molar-refractivity contribution in [1.82, 2.24) is 0 Å². The molecule has 2 aliphatic heterocycles. The number of epoxide rings is 1. The summed E-state index contributed by atoms with van der Waals surface area (Å²) in [6, 6.07) is 0. The number of ether oxygens (including phenoxy) is 2. The molecule has 3 heteroatoms. The van der Waals surface area contributed by atoms with E-state index in [1.54, 1.807) is 6.08 Å². The first kappa shape index (κ1) is 9.19. The molecule has 0 aromatic rings. The lowest BCUT2D eigenvalue weighted by atomic mass is 10.0. The molecule has 1 N–H and O–H groups in total. The molecule has 0 radical (unpaired) electrons. The fraction of sp³-hybridized carbons (Fsp3) is 0.800. The van der Waals surface area contributed by atoms with Crippen molar-refractivity contribution in [3.8, 4) is 0 Å². The molecule has 13 heavy (non-hydrogen) atoms. The van der Waals surface area contributed by atoms with Crippen LogP contribution >= 0.6 is 0 Å². The van der Waals surface area contributed by atoms with Gasteiger partial charge in [0.05, 0.1) is 18.3 Å². The van der Waals surface area contributed by atoms with Gasteiger partial charge in [-0.05, 0) is 12.8 Å². The number of aliphatic hydroxyl groups excluding tert-OH is 1. The van der Waals surface area contributed by atoms with Gasteiger partial charge in [-0.15, -0.1) is 6.58 Å². The highest BCUT2D eigenvalue weighted by molar-refractivity contribution is 4.99. The van der Waals surface area contributed by atoms with E-state index in [-0.39, 0.29) is 24.4 Å². The van der Waals surface area contributed by atoms with Crippen LogP contribution in [0.15, 0.2) is 12.7 Å². The van der Waals surface area contributed by atoms with Crippen LogP contribution in [0.3, 0.4) is 0 Å². The maximum Gasteiger partial charge on any atom is 0.102 e. The van der Waals surface area contributed by atoms with Gasteiger partial charge in [0, 0.05) is 13.0 Å². The van der Waals surface area contributed by atoms with Crippen LogP contribution in [0, 0.1) is 0 Å². The second kappa shape index (κ2) is 3.78. The number of rotatable bonds is 3. The highest BCUT2D eigenvalue weighted by Gasteiger charge is 2.40. The quantitative estimate of drug-likeness (QED) is 0.522. The van der Waals surface area contributed by atoms with Gasteiger partial charge in [0.25, 0.3) is 0 Å². The normalized spacial score (nSPS) is 44.4. The van der Waals surface area contributed by atoms with E-state index in [0.717, 1.165) is 25.9 Å². The molecule has 0 amide bonds. The molecule has 2 fully saturated rings. The van der Waals surface area contributed by atoms with Crippen molar-refractivity contribution >= 4 is 0 Å². The second-order valence-corrected chi connectivity index (χ2v) is 3.73. The molecule has 0 bridgehead atoms. The van der Waals surface area contributed by atoms with Crippen LogP contribution in [0.25, 0.3) is 0 Å². The Bertz CT molecular complexity index is 193. The van der Waals surface area contributed by atoms with Crippen molar-refractivity contribution in [3.05, 3.63) is 12.7 Å². The summed E-state index contributed by atoms with van der Waals surface area (Å²) in [6.45, 7) is 4.43. The summed E-state index contributed by atoms with van der Waals surface area (Å²) in [5.74, 6) is 0. The van der Waals surface area contributed by atoms with Crippen molar-refractivity contribution in [1.29, 1.82) is 0 Å². The van der Waals surface area contributed by atoms with Gasteiger partial charge in [0.1, 0.15) is 6.10 Å². The van der Waals surface area contributed by atoms with Gasteiger partial charge >= 0.3 is 0 Å². The number of hydrogen-bond acceptors (Lipinski definition) is 3. The summed E-state index contributed by atoms with van der Waals surface area (Å²) in [4.78, 5) is 0. The van der Waals surface area contributed by atoms with E-state index in [2.05, 4.69) is 6.58 Å². The van der Waals surface area contributed by atoms with Gasteiger partial charge in [-0.1, -0.05) is 6.08 Å². The Morgan fingerprint density at radius 3 is 2.92 bits per heavy atom. The largest absolute Gasteiger partial charge is 0.390 e. The Balaban J connectivity index is 1.77. The lowest BCUT2D eigenvalue weighted by molar-refractivity contribution is -0.0791. The summed E-state index contributed by atoms with van der Waals surface area (Å²) in [5, 5.41) is 9.60. The van der Waals surface area contributed by atoms with E-state index < -0.39 is 0 Å². The highest BCUT2D eigenvalue weighted by Crippen LogP contribution is 2.30.